The highest BCUT2D eigenvalue weighted by Crippen LogP contribution is 2.46. The van der Waals surface area contributed by atoms with Crippen molar-refractivity contribution in [3.8, 4) is 0 Å². The van der Waals surface area contributed by atoms with Gasteiger partial charge in [-0.05, 0) is 12.3 Å². The number of amides is 1. The van der Waals surface area contributed by atoms with E-state index in [2.05, 4.69) is 13.8 Å². The van der Waals surface area contributed by atoms with E-state index in [0.29, 0.717) is 18.4 Å². The van der Waals surface area contributed by atoms with Crippen LogP contribution in [-0.2, 0) is 9.53 Å². The van der Waals surface area contributed by atoms with Crippen molar-refractivity contribution in [3.63, 3.8) is 0 Å². The Kier molecular flexibility index (Phi) is 2.30. The molecule has 0 aliphatic carbocycles. The van der Waals surface area contributed by atoms with Crippen LogP contribution in [0.4, 0.5) is 0 Å². The van der Waals surface area contributed by atoms with Crippen LogP contribution in [0.25, 0.3) is 0 Å². The number of carbonyl (C=O) groups excluding carboxylic acids is 1. The van der Waals surface area contributed by atoms with Crippen LogP contribution >= 0.6 is 0 Å². The Morgan fingerprint density at radius 1 is 1.57 bits per heavy atom. The van der Waals surface area contributed by atoms with Crippen LogP contribution in [-0.4, -0.2) is 37.1 Å². The number of rotatable bonds is 1. The van der Waals surface area contributed by atoms with Crippen molar-refractivity contribution in [3.05, 3.63) is 0 Å². The molecule has 2 aliphatic rings. The Bertz CT molecular complexity index is 244. The summed E-state index contributed by atoms with van der Waals surface area (Å²) in [6.07, 6.45) is 1.73. The topological polar surface area (TPSA) is 29.5 Å². The van der Waals surface area contributed by atoms with Gasteiger partial charge in [0.15, 0.2) is 0 Å². The largest absolute Gasteiger partial charge is 0.381 e. The third-order valence-electron chi connectivity index (χ3n) is 3.71. The number of ether oxygens (including phenoxy) is 1. The van der Waals surface area contributed by atoms with Crippen LogP contribution in [0.5, 0.6) is 0 Å². The minimum Gasteiger partial charge on any atom is -0.381 e. The Labute approximate surface area is 85.4 Å². The van der Waals surface area contributed by atoms with Gasteiger partial charge in [0, 0.05) is 31.5 Å². The Hall–Kier alpha value is -0.570. The summed E-state index contributed by atoms with van der Waals surface area (Å²) in [5.41, 5.74) is 0.125. The van der Waals surface area contributed by atoms with E-state index >= 15 is 0 Å². The fourth-order valence-electron chi connectivity index (χ4n) is 3.25. The van der Waals surface area contributed by atoms with Crippen LogP contribution in [0.1, 0.15) is 26.7 Å². The first kappa shape index (κ1) is 9.97. The summed E-state index contributed by atoms with van der Waals surface area (Å²) in [5, 5.41) is 0. The molecule has 14 heavy (non-hydrogen) atoms. The lowest BCUT2D eigenvalue weighted by atomic mass is 9.75. The molecular weight excluding hydrogens is 178 g/mol. The molecule has 2 rings (SSSR count). The van der Waals surface area contributed by atoms with Crippen molar-refractivity contribution < 1.29 is 9.53 Å². The van der Waals surface area contributed by atoms with Crippen molar-refractivity contribution >= 4 is 5.91 Å². The molecule has 2 aliphatic heterocycles. The second-order valence-electron chi connectivity index (χ2n) is 5.04. The van der Waals surface area contributed by atoms with Crippen LogP contribution in [0, 0.1) is 11.3 Å². The van der Waals surface area contributed by atoms with Crippen molar-refractivity contribution in [2.24, 2.45) is 11.3 Å². The molecule has 2 unspecified atom stereocenters. The lowest BCUT2D eigenvalue weighted by Crippen LogP contribution is -2.42. The number of nitrogens with zero attached hydrogens (tertiary/aromatic N) is 1. The molecule has 0 radical (unpaired) electrons. The predicted octanol–water partition coefficient (Wildman–Crippen LogP) is 1.28. The number of hydrogen-bond acceptors (Lipinski definition) is 2. The highest BCUT2D eigenvalue weighted by atomic mass is 16.5. The van der Waals surface area contributed by atoms with Crippen LogP contribution < -0.4 is 0 Å². The van der Waals surface area contributed by atoms with Gasteiger partial charge in [-0.25, -0.2) is 0 Å². The highest BCUT2D eigenvalue weighted by molar-refractivity contribution is 5.80. The SMILES string of the molecule is CC(C)C1N(C)C(=O)CC12CCOC2. The lowest BCUT2D eigenvalue weighted by molar-refractivity contribution is -0.128. The smallest absolute Gasteiger partial charge is 0.223 e. The van der Waals surface area contributed by atoms with Crippen molar-refractivity contribution in [2.75, 3.05) is 20.3 Å². The summed E-state index contributed by atoms with van der Waals surface area (Å²) in [6.45, 7) is 5.98. The Morgan fingerprint density at radius 2 is 2.29 bits per heavy atom. The summed E-state index contributed by atoms with van der Waals surface area (Å²) in [4.78, 5) is 13.7. The van der Waals surface area contributed by atoms with Gasteiger partial charge in [0.05, 0.1) is 6.61 Å². The summed E-state index contributed by atoms with van der Waals surface area (Å²) in [7, 11) is 1.93. The lowest BCUT2D eigenvalue weighted by Gasteiger charge is -2.34. The number of hydrogen-bond donors (Lipinski definition) is 0. The molecule has 0 saturated carbocycles. The maximum atomic E-state index is 11.7. The zero-order valence-electron chi connectivity index (χ0n) is 9.25. The molecule has 0 aromatic heterocycles. The maximum absolute atomic E-state index is 11.7. The van der Waals surface area contributed by atoms with E-state index in [1.165, 1.54) is 0 Å². The monoisotopic (exact) mass is 197 g/mol. The molecule has 1 amide bonds. The average Bonchev–Trinajstić information content (AvgIpc) is 2.61. The first-order chi connectivity index (χ1) is 6.57. The standard InChI is InChI=1S/C11H19NO2/c1-8(2)10-11(4-5-14-7-11)6-9(13)12(10)3/h8,10H,4-7H2,1-3H3. The molecule has 2 fully saturated rings. The van der Waals surface area contributed by atoms with Gasteiger partial charge < -0.3 is 9.64 Å². The van der Waals surface area contributed by atoms with E-state index in [0.717, 1.165) is 19.6 Å². The Morgan fingerprint density at radius 3 is 2.79 bits per heavy atom. The van der Waals surface area contributed by atoms with Gasteiger partial charge in [0.1, 0.15) is 0 Å². The molecule has 2 heterocycles. The van der Waals surface area contributed by atoms with Crippen LogP contribution in [0.15, 0.2) is 0 Å². The summed E-state index contributed by atoms with van der Waals surface area (Å²) in [5.74, 6) is 0.808. The molecule has 0 aromatic rings. The molecule has 0 N–H and O–H groups in total. The molecule has 3 heteroatoms. The Balaban J connectivity index is 2.28. The second kappa shape index (κ2) is 3.23. The van der Waals surface area contributed by atoms with Crippen LogP contribution in [0.2, 0.25) is 0 Å². The van der Waals surface area contributed by atoms with Crippen molar-refractivity contribution in [1.29, 1.82) is 0 Å². The molecule has 2 atom stereocenters. The van der Waals surface area contributed by atoms with Gasteiger partial charge in [0.2, 0.25) is 5.91 Å². The van der Waals surface area contributed by atoms with Gasteiger partial charge in [0.25, 0.3) is 0 Å². The minimum atomic E-state index is 0.125. The quantitative estimate of drug-likeness (QED) is 0.633. The van der Waals surface area contributed by atoms with Gasteiger partial charge in [-0.3, -0.25) is 4.79 Å². The van der Waals surface area contributed by atoms with E-state index in [1.54, 1.807) is 0 Å². The molecule has 3 nitrogen and oxygen atoms in total. The van der Waals surface area contributed by atoms with Gasteiger partial charge in [-0.15, -0.1) is 0 Å². The summed E-state index contributed by atoms with van der Waals surface area (Å²) in [6, 6.07) is 0.373. The molecule has 2 saturated heterocycles. The van der Waals surface area contributed by atoms with E-state index in [-0.39, 0.29) is 11.3 Å². The zero-order valence-corrected chi connectivity index (χ0v) is 9.25. The predicted molar refractivity (Wildman–Crippen MR) is 53.9 cm³/mol. The minimum absolute atomic E-state index is 0.125. The number of likely N-dealkylation sites (tertiary alicyclic amines) is 1. The maximum Gasteiger partial charge on any atom is 0.223 e. The normalized spacial score (nSPS) is 37.9. The molecule has 0 bridgehead atoms. The zero-order chi connectivity index (χ0) is 10.3. The van der Waals surface area contributed by atoms with Crippen molar-refractivity contribution in [1.82, 2.24) is 4.90 Å². The van der Waals surface area contributed by atoms with E-state index in [9.17, 15) is 4.79 Å². The van der Waals surface area contributed by atoms with Gasteiger partial charge in [-0.1, -0.05) is 13.8 Å². The highest BCUT2D eigenvalue weighted by Gasteiger charge is 2.53. The number of carbonyl (C=O) groups is 1. The van der Waals surface area contributed by atoms with Crippen molar-refractivity contribution in [2.45, 2.75) is 32.7 Å². The summed E-state index contributed by atoms with van der Waals surface area (Å²) >= 11 is 0. The fraction of sp³-hybridized carbons (Fsp3) is 0.909. The van der Waals surface area contributed by atoms with E-state index in [1.807, 2.05) is 11.9 Å². The molecule has 80 valence electrons. The molecular formula is C11H19NO2. The average molecular weight is 197 g/mol. The third-order valence-corrected chi connectivity index (χ3v) is 3.71. The molecule has 1 spiro atoms. The molecule has 0 aromatic carbocycles. The summed E-state index contributed by atoms with van der Waals surface area (Å²) < 4.78 is 5.48. The van der Waals surface area contributed by atoms with E-state index in [4.69, 9.17) is 4.74 Å². The fourth-order valence-corrected chi connectivity index (χ4v) is 3.25. The van der Waals surface area contributed by atoms with E-state index < -0.39 is 0 Å². The first-order valence-electron chi connectivity index (χ1n) is 5.40. The third kappa shape index (κ3) is 1.26. The van der Waals surface area contributed by atoms with Gasteiger partial charge >= 0.3 is 0 Å². The van der Waals surface area contributed by atoms with Crippen LogP contribution in [0.3, 0.4) is 0 Å². The van der Waals surface area contributed by atoms with Gasteiger partial charge in [-0.2, -0.15) is 0 Å². The second-order valence-corrected chi connectivity index (χ2v) is 5.04. The first-order valence-corrected chi connectivity index (χ1v) is 5.40.